The van der Waals surface area contributed by atoms with Crippen LogP contribution in [0.2, 0.25) is 0 Å². The van der Waals surface area contributed by atoms with Crippen molar-refractivity contribution in [2.24, 2.45) is 0 Å². The van der Waals surface area contributed by atoms with E-state index in [-0.39, 0.29) is 18.7 Å². The quantitative estimate of drug-likeness (QED) is 0.314. The van der Waals surface area contributed by atoms with Crippen molar-refractivity contribution in [3.8, 4) is 5.75 Å². The lowest BCUT2D eigenvalue weighted by molar-refractivity contribution is 0.186. The van der Waals surface area contributed by atoms with Gasteiger partial charge in [-0.25, -0.2) is 0 Å². The molecule has 0 aliphatic rings. The standard InChI is InChI=1S/C15H24O.C2H6O2.H2O4S.H2O/c1-2-3-4-5-6-7-8-11-14-12-9-10-13-15(14)16;3-1-2-4;1-5(2,3)4;/h9-10,12-13,16H,2-8,11H2,1H3;3-4H,1-2H2;(H2,1,2,3,4);1H2. The summed E-state index contributed by atoms with van der Waals surface area (Å²) in [5, 5.41) is 24.8. The normalized spacial score (nSPS) is 9.88. The zero-order chi connectivity index (χ0) is 19.6. The monoisotopic (exact) mass is 398 g/mol. The lowest BCUT2D eigenvalue weighted by Crippen LogP contribution is -1.89. The number of para-hydroxylation sites is 1. The van der Waals surface area contributed by atoms with Crippen molar-refractivity contribution < 1.29 is 38.3 Å². The topological polar surface area (TPSA) is 167 Å². The number of aryl methyl sites for hydroxylation is 1. The van der Waals surface area contributed by atoms with Crippen LogP contribution in [0.15, 0.2) is 24.3 Å². The van der Waals surface area contributed by atoms with Crippen molar-refractivity contribution in [3.63, 3.8) is 0 Å². The summed E-state index contributed by atoms with van der Waals surface area (Å²) < 4.78 is 31.6. The largest absolute Gasteiger partial charge is 0.508 e. The van der Waals surface area contributed by atoms with Crippen molar-refractivity contribution in [2.75, 3.05) is 13.2 Å². The number of rotatable bonds is 9. The van der Waals surface area contributed by atoms with E-state index >= 15 is 0 Å². The molecule has 1 aromatic rings. The number of hydrogen-bond donors (Lipinski definition) is 5. The molecule has 0 aliphatic carbocycles. The third-order valence-corrected chi connectivity index (χ3v) is 3.14. The average Bonchev–Trinajstić information content (AvgIpc) is 2.54. The molecule has 7 N–H and O–H groups in total. The first-order valence-electron chi connectivity index (χ1n) is 8.44. The summed E-state index contributed by atoms with van der Waals surface area (Å²) in [4.78, 5) is 0. The van der Waals surface area contributed by atoms with Crippen LogP contribution in [-0.4, -0.2) is 51.5 Å². The average molecular weight is 399 g/mol. The molecule has 1 aromatic carbocycles. The lowest BCUT2D eigenvalue weighted by atomic mass is 10.0. The summed E-state index contributed by atoms with van der Waals surface area (Å²) in [5.41, 5.74) is 1.09. The van der Waals surface area contributed by atoms with E-state index in [2.05, 4.69) is 6.92 Å². The molecule has 0 fully saturated rings. The third-order valence-electron chi connectivity index (χ3n) is 3.14. The van der Waals surface area contributed by atoms with E-state index in [0.717, 1.165) is 12.0 Å². The van der Waals surface area contributed by atoms with Crippen molar-refractivity contribution in [3.05, 3.63) is 29.8 Å². The van der Waals surface area contributed by atoms with Gasteiger partial charge in [0.15, 0.2) is 0 Å². The van der Waals surface area contributed by atoms with Gasteiger partial charge in [-0.3, -0.25) is 9.11 Å². The summed E-state index contributed by atoms with van der Waals surface area (Å²) in [6, 6.07) is 7.67. The Bertz CT molecular complexity index is 495. The van der Waals surface area contributed by atoms with E-state index in [4.69, 9.17) is 27.7 Å². The maximum atomic E-state index is 9.58. The van der Waals surface area contributed by atoms with Gasteiger partial charge in [0, 0.05) is 0 Å². The van der Waals surface area contributed by atoms with Crippen molar-refractivity contribution >= 4 is 10.4 Å². The highest BCUT2D eigenvalue weighted by Gasteiger charge is 1.98. The fourth-order valence-corrected chi connectivity index (χ4v) is 1.99. The van der Waals surface area contributed by atoms with Crippen LogP contribution in [0.5, 0.6) is 5.75 Å². The first kappa shape index (κ1) is 29.5. The van der Waals surface area contributed by atoms with Gasteiger partial charge in [0.05, 0.1) is 13.2 Å². The molecule has 0 heterocycles. The van der Waals surface area contributed by atoms with E-state index in [0.29, 0.717) is 5.75 Å². The molecule has 0 radical (unpaired) electrons. The minimum atomic E-state index is -4.67. The molecule has 0 saturated heterocycles. The maximum Gasteiger partial charge on any atom is 0.394 e. The van der Waals surface area contributed by atoms with Gasteiger partial charge in [-0.1, -0.05) is 63.6 Å². The first-order chi connectivity index (χ1) is 11.8. The van der Waals surface area contributed by atoms with Crippen molar-refractivity contribution in [1.29, 1.82) is 0 Å². The van der Waals surface area contributed by atoms with Crippen molar-refractivity contribution in [2.45, 2.75) is 58.3 Å². The second-order valence-electron chi connectivity index (χ2n) is 5.40. The predicted molar refractivity (Wildman–Crippen MR) is 102 cm³/mol. The number of hydrogen-bond acceptors (Lipinski definition) is 5. The molecule has 0 saturated carbocycles. The number of phenols is 1. The Labute approximate surface area is 156 Å². The third kappa shape index (κ3) is 27.6. The number of benzene rings is 1. The van der Waals surface area contributed by atoms with Gasteiger partial charge in [-0.15, -0.1) is 0 Å². The van der Waals surface area contributed by atoms with Crippen LogP contribution in [0.3, 0.4) is 0 Å². The Balaban J connectivity index is -0.000000443. The predicted octanol–water partition coefficient (Wildman–Crippen LogP) is 2.18. The van der Waals surface area contributed by atoms with Crippen LogP contribution in [-0.2, 0) is 16.8 Å². The molecule has 0 aliphatic heterocycles. The van der Waals surface area contributed by atoms with E-state index in [1.807, 2.05) is 18.2 Å². The van der Waals surface area contributed by atoms with Gasteiger partial charge in [0.2, 0.25) is 0 Å². The van der Waals surface area contributed by atoms with Crippen molar-refractivity contribution in [1.82, 2.24) is 0 Å². The Morgan fingerprint density at radius 1 is 0.846 bits per heavy atom. The van der Waals surface area contributed by atoms with Crippen LogP contribution >= 0.6 is 0 Å². The molecule has 8 nitrogen and oxygen atoms in total. The second-order valence-corrected chi connectivity index (χ2v) is 6.29. The second kappa shape index (κ2) is 20.1. The lowest BCUT2D eigenvalue weighted by Gasteiger charge is -2.04. The Morgan fingerprint density at radius 3 is 1.69 bits per heavy atom. The van der Waals surface area contributed by atoms with Crippen LogP contribution in [0.25, 0.3) is 0 Å². The summed E-state index contributed by atoms with van der Waals surface area (Å²) in [6.45, 7) is 2.00. The molecule has 0 amide bonds. The molecule has 0 atom stereocenters. The van der Waals surface area contributed by atoms with Gasteiger partial charge in [-0.2, -0.15) is 8.42 Å². The summed E-state index contributed by atoms with van der Waals surface area (Å²) >= 11 is 0. The molecule has 0 bridgehead atoms. The molecule has 0 unspecified atom stereocenters. The zero-order valence-corrected chi connectivity index (χ0v) is 16.2. The van der Waals surface area contributed by atoms with Crippen LogP contribution in [0, 0.1) is 0 Å². The molecule has 9 heteroatoms. The number of phenolic OH excluding ortho intramolecular Hbond substituents is 1. The fraction of sp³-hybridized carbons (Fsp3) is 0.647. The molecule has 1 rings (SSSR count). The minimum absolute atomic E-state index is 0. The maximum absolute atomic E-state index is 9.58. The van der Waals surface area contributed by atoms with Gasteiger partial charge < -0.3 is 20.8 Å². The van der Waals surface area contributed by atoms with Crippen LogP contribution < -0.4 is 0 Å². The van der Waals surface area contributed by atoms with E-state index in [9.17, 15) is 5.11 Å². The highest BCUT2D eigenvalue weighted by atomic mass is 32.3. The van der Waals surface area contributed by atoms with E-state index < -0.39 is 10.4 Å². The molecular formula is C17H34O8S. The van der Waals surface area contributed by atoms with E-state index in [1.165, 1.54) is 44.9 Å². The summed E-state index contributed by atoms with van der Waals surface area (Å²) in [5.74, 6) is 0.452. The molecule has 0 spiro atoms. The SMILES string of the molecule is CCCCCCCCCc1ccccc1O.O.O=S(=O)(O)O.OCCO. The minimum Gasteiger partial charge on any atom is -0.508 e. The molecular weight excluding hydrogens is 364 g/mol. The smallest absolute Gasteiger partial charge is 0.394 e. The van der Waals surface area contributed by atoms with Gasteiger partial charge in [0.25, 0.3) is 0 Å². The molecule has 156 valence electrons. The number of aliphatic hydroxyl groups is 2. The van der Waals surface area contributed by atoms with Gasteiger partial charge in [0.1, 0.15) is 5.75 Å². The fourth-order valence-electron chi connectivity index (χ4n) is 1.99. The number of aromatic hydroxyl groups is 1. The van der Waals surface area contributed by atoms with Gasteiger partial charge >= 0.3 is 10.4 Å². The first-order valence-corrected chi connectivity index (χ1v) is 9.84. The van der Waals surface area contributed by atoms with E-state index in [1.54, 1.807) is 6.07 Å². The highest BCUT2D eigenvalue weighted by molar-refractivity contribution is 7.79. The zero-order valence-electron chi connectivity index (χ0n) is 15.3. The Morgan fingerprint density at radius 2 is 1.27 bits per heavy atom. The molecule has 0 aromatic heterocycles. The van der Waals surface area contributed by atoms with Crippen LogP contribution in [0.1, 0.15) is 57.4 Å². The number of aliphatic hydroxyl groups excluding tert-OH is 2. The summed E-state index contributed by atoms with van der Waals surface area (Å²) in [6.07, 6.45) is 10.3. The molecule has 26 heavy (non-hydrogen) atoms. The van der Waals surface area contributed by atoms with Gasteiger partial charge in [-0.05, 0) is 24.5 Å². The van der Waals surface area contributed by atoms with Crippen LogP contribution in [0.4, 0.5) is 0 Å². The number of unbranched alkanes of at least 4 members (excludes halogenated alkanes) is 6. The Kier molecular flexibility index (Phi) is 22.8. The summed E-state index contributed by atoms with van der Waals surface area (Å²) in [7, 11) is -4.67. The Hall–Kier alpha value is -1.23. The highest BCUT2D eigenvalue weighted by Crippen LogP contribution is 2.18.